The van der Waals surface area contributed by atoms with E-state index < -0.39 is 10.8 Å². The Hall–Kier alpha value is -2.56. The molecule has 1 saturated carbocycles. The Kier molecular flexibility index (Phi) is 1.77. The van der Waals surface area contributed by atoms with Crippen LogP contribution in [-0.2, 0) is 0 Å². The van der Waals surface area contributed by atoms with Crippen LogP contribution in [0.2, 0.25) is 0 Å². The molecule has 0 aliphatic heterocycles. The molecule has 0 N–H and O–H groups in total. The van der Waals surface area contributed by atoms with Crippen molar-refractivity contribution in [1.82, 2.24) is 0 Å². The molecule has 3 aliphatic carbocycles. The summed E-state index contributed by atoms with van der Waals surface area (Å²) in [6.45, 7) is 0. The Balaban J connectivity index is 2.34. The fraction of sp³-hybridized carbons (Fsp3) is 0.429. The molecule has 2 atom stereocenters. The Morgan fingerprint density at radius 1 is 0.667 bits per heavy atom. The molecular formula is C14H8N4. The van der Waals surface area contributed by atoms with Gasteiger partial charge in [0.15, 0.2) is 10.8 Å². The van der Waals surface area contributed by atoms with E-state index in [0.717, 1.165) is 0 Å². The monoisotopic (exact) mass is 232 g/mol. The standard InChI is InChI=1S/C14H8N4/c15-5-13(6-16)10-3-1-9-2-4-11(12(9)10)14(13,7-17)8-18/h1-4,9-12H/t9?,10-,11-,12?/m0/s1. The van der Waals surface area contributed by atoms with E-state index in [0.29, 0.717) is 0 Å². The average Bonchev–Trinajstić information content (AvgIpc) is 3.04. The first-order valence-electron chi connectivity index (χ1n) is 5.72. The summed E-state index contributed by atoms with van der Waals surface area (Å²) in [4.78, 5) is 0. The molecular weight excluding hydrogens is 224 g/mol. The van der Waals surface area contributed by atoms with Crippen LogP contribution in [0.4, 0.5) is 0 Å². The Morgan fingerprint density at radius 2 is 1.06 bits per heavy atom. The van der Waals surface area contributed by atoms with Gasteiger partial charge in [0.25, 0.3) is 0 Å². The van der Waals surface area contributed by atoms with Crippen LogP contribution in [0.1, 0.15) is 0 Å². The third-order valence-corrected chi connectivity index (χ3v) is 4.68. The predicted octanol–water partition coefficient (Wildman–Crippen LogP) is 1.67. The van der Waals surface area contributed by atoms with E-state index in [4.69, 9.17) is 0 Å². The first kappa shape index (κ1) is 10.6. The first-order chi connectivity index (χ1) is 8.70. The summed E-state index contributed by atoms with van der Waals surface area (Å²) in [5, 5.41) is 37.8. The first-order valence-corrected chi connectivity index (χ1v) is 5.72. The third-order valence-electron chi connectivity index (χ3n) is 4.68. The van der Waals surface area contributed by atoms with E-state index in [1.54, 1.807) is 0 Å². The highest BCUT2D eigenvalue weighted by Gasteiger charge is 2.73. The Bertz CT molecular complexity index is 559. The van der Waals surface area contributed by atoms with Crippen LogP contribution in [0.15, 0.2) is 24.3 Å². The molecule has 0 aromatic rings. The van der Waals surface area contributed by atoms with E-state index >= 15 is 0 Å². The highest BCUT2D eigenvalue weighted by Crippen LogP contribution is 2.68. The van der Waals surface area contributed by atoms with Crippen LogP contribution in [0.25, 0.3) is 0 Å². The Morgan fingerprint density at radius 3 is 1.39 bits per heavy atom. The topological polar surface area (TPSA) is 95.2 Å². The van der Waals surface area contributed by atoms with Gasteiger partial charge in [-0.25, -0.2) is 0 Å². The van der Waals surface area contributed by atoms with Crippen molar-refractivity contribution in [2.24, 2.45) is 34.5 Å². The quantitative estimate of drug-likeness (QED) is 0.593. The molecule has 3 aliphatic rings. The van der Waals surface area contributed by atoms with Crippen molar-refractivity contribution in [2.75, 3.05) is 0 Å². The molecule has 0 unspecified atom stereocenters. The lowest BCUT2D eigenvalue weighted by Gasteiger charge is -2.28. The molecule has 0 aromatic carbocycles. The molecule has 3 rings (SSSR count). The summed E-state index contributed by atoms with van der Waals surface area (Å²) in [7, 11) is 0. The van der Waals surface area contributed by atoms with Gasteiger partial charge in [0.1, 0.15) is 0 Å². The lowest BCUT2D eigenvalue weighted by molar-refractivity contribution is 0.290. The number of nitriles is 4. The molecule has 0 radical (unpaired) electrons. The lowest BCUT2D eigenvalue weighted by atomic mass is 9.63. The molecule has 18 heavy (non-hydrogen) atoms. The van der Waals surface area contributed by atoms with Gasteiger partial charge in [-0.15, -0.1) is 0 Å². The van der Waals surface area contributed by atoms with E-state index in [2.05, 4.69) is 0 Å². The van der Waals surface area contributed by atoms with Gasteiger partial charge in [-0.2, -0.15) is 21.0 Å². The van der Waals surface area contributed by atoms with E-state index in [1.807, 2.05) is 48.6 Å². The Labute approximate surface area is 105 Å². The van der Waals surface area contributed by atoms with Gasteiger partial charge in [0.2, 0.25) is 0 Å². The number of hydrogen-bond donors (Lipinski definition) is 0. The zero-order valence-corrected chi connectivity index (χ0v) is 9.41. The van der Waals surface area contributed by atoms with Crippen molar-refractivity contribution in [2.45, 2.75) is 0 Å². The van der Waals surface area contributed by atoms with Crippen LogP contribution in [0.3, 0.4) is 0 Å². The maximum absolute atomic E-state index is 9.46. The van der Waals surface area contributed by atoms with Gasteiger partial charge in [-0.3, -0.25) is 0 Å². The van der Waals surface area contributed by atoms with Crippen LogP contribution in [0.5, 0.6) is 0 Å². The van der Waals surface area contributed by atoms with Gasteiger partial charge >= 0.3 is 0 Å². The van der Waals surface area contributed by atoms with Crippen LogP contribution in [-0.4, -0.2) is 0 Å². The molecule has 0 saturated heterocycles. The highest BCUT2D eigenvalue weighted by atomic mass is 14.7. The normalized spacial score (nSPS) is 39.3. The zero-order valence-electron chi connectivity index (χ0n) is 9.41. The number of hydrogen-bond acceptors (Lipinski definition) is 4. The largest absolute Gasteiger partial charge is 0.196 e. The minimum Gasteiger partial charge on any atom is -0.196 e. The van der Waals surface area contributed by atoms with Gasteiger partial charge < -0.3 is 0 Å². The van der Waals surface area contributed by atoms with Crippen molar-refractivity contribution in [3.05, 3.63) is 24.3 Å². The second-order valence-corrected chi connectivity index (χ2v) is 5.04. The predicted molar refractivity (Wildman–Crippen MR) is 59.6 cm³/mol. The van der Waals surface area contributed by atoms with Gasteiger partial charge in [0.05, 0.1) is 24.3 Å². The highest BCUT2D eigenvalue weighted by molar-refractivity contribution is 5.48. The van der Waals surface area contributed by atoms with E-state index in [1.165, 1.54) is 0 Å². The fourth-order valence-electron chi connectivity index (χ4n) is 3.87. The SMILES string of the molecule is N#CC1(C#N)[C@H]2C=CC3C=C[C@@H](C32)C1(C#N)C#N. The second-order valence-electron chi connectivity index (χ2n) is 5.04. The second kappa shape index (κ2) is 3.01. The maximum Gasteiger partial charge on any atom is 0.182 e. The van der Waals surface area contributed by atoms with Gasteiger partial charge in [-0.1, -0.05) is 24.3 Å². The van der Waals surface area contributed by atoms with Gasteiger partial charge in [0, 0.05) is 11.8 Å². The molecule has 84 valence electrons. The summed E-state index contributed by atoms with van der Waals surface area (Å²) in [5.74, 6) is -0.471. The molecule has 0 bridgehead atoms. The van der Waals surface area contributed by atoms with E-state index in [9.17, 15) is 21.0 Å². The number of nitrogens with zero attached hydrogens (tertiary/aromatic N) is 4. The number of rotatable bonds is 0. The summed E-state index contributed by atoms with van der Waals surface area (Å²) < 4.78 is 0. The number of allylic oxidation sites excluding steroid dienone is 4. The zero-order chi connectivity index (χ0) is 13.0. The molecule has 4 nitrogen and oxygen atoms in total. The van der Waals surface area contributed by atoms with Crippen molar-refractivity contribution < 1.29 is 0 Å². The molecule has 4 heteroatoms. The summed E-state index contributed by atoms with van der Waals surface area (Å²) in [6.07, 6.45) is 7.64. The minimum absolute atomic E-state index is 0.0172. The smallest absolute Gasteiger partial charge is 0.182 e. The van der Waals surface area contributed by atoms with Crippen molar-refractivity contribution in [3.8, 4) is 24.3 Å². The van der Waals surface area contributed by atoms with Gasteiger partial charge in [-0.05, 0) is 11.8 Å². The van der Waals surface area contributed by atoms with Crippen molar-refractivity contribution in [3.63, 3.8) is 0 Å². The summed E-state index contributed by atoms with van der Waals surface area (Å²) >= 11 is 0. The lowest BCUT2D eigenvalue weighted by Crippen LogP contribution is -2.39. The van der Waals surface area contributed by atoms with Crippen LogP contribution in [0, 0.1) is 79.8 Å². The fourth-order valence-corrected chi connectivity index (χ4v) is 3.87. The summed E-state index contributed by atoms with van der Waals surface area (Å²) in [6, 6.07) is 7.94. The van der Waals surface area contributed by atoms with Crippen molar-refractivity contribution in [1.29, 1.82) is 21.0 Å². The molecule has 0 amide bonds. The third kappa shape index (κ3) is 0.756. The van der Waals surface area contributed by atoms with Crippen LogP contribution >= 0.6 is 0 Å². The average molecular weight is 232 g/mol. The molecule has 1 fully saturated rings. The van der Waals surface area contributed by atoms with Crippen molar-refractivity contribution >= 4 is 0 Å². The minimum atomic E-state index is -1.55. The van der Waals surface area contributed by atoms with Crippen LogP contribution < -0.4 is 0 Å². The molecule has 0 aromatic heterocycles. The molecule has 0 heterocycles. The maximum atomic E-state index is 9.46. The molecule has 0 spiro atoms. The van der Waals surface area contributed by atoms with E-state index in [-0.39, 0.29) is 23.7 Å². The summed E-state index contributed by atoms with van der Waals surface area (Å²) in [5.41, 5.74) is -3.11.